The standard InChI is InChI=1S/C55H40N6O.Pt/c1-55(2,3)36-28-29-56-48(32-36)61-47-34-41(62-40-21-15-20-39(33-40)59-31-30-58(35-59)37-16-7-5-8-17-37)26-27-44(47)50-52-49(42-22-11-13-24-45(42)57(52)4)53-51(54(50)61)43-23-12-14-25-46(43)60(53)38-18-9-6-10-19-38;/h5-32H,1-4H3;/q-2;. The molecule has 0 amide bonds. The van der Waals surface area contributed by atoms with Gasteiger partial charge in [-0.15, -0.1) is 24.3 Å². The van der Waals surface area contributed by atoms with Crippen molar-refractivity contribution in [1.29, 1.82) is 0 Å². The van der Waals surface area contributed by atoms with Crippen LogP contribution < -0.4 is 9.30 Å². The van der Waals surface area contributed by atoms with Crippen molar-refractivity contribution in [2.45, 2.75) is 26.2 Å². The zero-order valence-electron chi connectivity index (χ0n) is 35.1. The van der Waals surface area contributed by atoms with E-state index in [4.69, 9.17) is 9.72 Å². The molecule has 0 atom stereocenters. The van der Waals surface area contributed by atoms with Crippen LogP contribution in [0.3, 0.4) is 0 Å². The topological polar surface area (TPSA) is 45.7 Å². The molecule has 8 heteroatoms. The number of fused-ring (bicyclic) bond motifs is 12. The van der Waals surface area contributed by atoms with Gasteiger partial charge in [0.1, 0.15) is 5.82 Å². The smallest absolute Gasteiger partial charge is 0.267 e. The first kappa shape index (κ1) is 38.7. The summed E-state index contributed by atoms with van der Waals surface area (Å²) >= 11 is 0. The molecule has 0 unspecified atom stereocenters. The number of ether oxygens (including phenoxy) is 1. The summed E-state index contributed by atoms with van der Waals surface area (Å²) < 4.78 is 17.7. The molecule has 0 radical (unpaired) electrons. The number of nitrogens with zero attached hydrogens (tertiary/aromatic N) is 6. The summed E-state index contributed by atoms with van der Waals surface area (Å²) in [5.74, 6) is 1.98. The van der Waals surface area contributed by atoms with Crippen molar-refractivity contribution in [2.24, 2.45) is 7.05 Å². The second-order valence-corrected chi connectivity index (χ2v) is 17.0. The Bertz CT molecular complexity index is 3720. The van der Waals surface area contributed by atoms with E-state index >= 15 is 0 Å². The van der Waals surface area contributed by atoms with Crippen molar-refractivity contribution in [1.82, 2.24) is 23.3 Å². The molecule has 0 aliphatic heterocycles. The summed E-state index contributed by atoms with van der Waals surface area (Å²) in [6.07, 6.45) is 9.31. The molecular formula is C55H40N6OPt-2. The monoisotopic (exact) mass is 995 g/mol. The van der Waals surface area contributed by atoms with Crippen LogP contribution in [0, 0.1) is 18.5 Å². The molecule has 308 valence electrons. The van der Waals surface area contributed by atoms with Crippen LogP contribution >= 0.6 is 0 Å². The van der Waals surface area contributed by atoms with Crippen LogP contribution in [0.2, 0.25) is 0 Å². The number of imidazole rings is 1. The van der Waals surface area contributed by atoms with Crippen molar-refractivity contribution in [2.75, 3.05) is 0 Å². The zero-order chi connectivity index (χ0) is 41.7. The van der Waals surface area contributed by atoms with Crippen molar-refractivity contribution >= 4 is 65.4 Å². The van der Waals surface area contributed by atoms with Crippen LogP contribution in [0.4, 0.5) is 0 Å². The molecule has 7 aromatic carbocycles. The quantitative estimate of drug-likeness (QED) is 0.123. The molecule has 5 aromatic heterocycles. The summed E-state index contributed by atoms with van der Waals surface area (Å²) in [6, 6.07) is 60.2. The van der Waals surface area contributed by atoms with Crippen molar-refractivity contribution in [3.05, 3.63) is 194 Å². The fourth-order valence-corrected chi connectivity index (χ4v) is 9.39. The first-order valence-electron chi connectivity index (χ1n) is 21.0. The van der Waals surface area contributed by atoms with E-state index < -0.39 is 0 Å². The van der Waals surface area contributed by atoms with Gasteiger partial charge in [0.15, 0.2) is 0 Å². The van der Waals surface area contributed by atoms with Gasteiger partial charge >= 0.3 is 0 Å². The first-order valence-corrected chi connectivity index (χ1v) is 21.0. The molecule has 0 spiro atoms. The summed E-state index contributed by atoms with van der Waals surface area (Å²) in [6.45, 7) is 6.74. The maximum atomic E-state index is 6.70. The second kappa shape index (κ2) is 14.7. The van der Waals surface area contributed by atoms with Crippen molar-refractivity contribution < 1.29 is 30.4 Å². The Morgan fingerprint density at radius 1 is 0.587 bits per heavy atom. The van der Waals surface area contributed by atoms with E-state index in [9.17, 15) is 0 Å². The molecule has 7 nitrogen and oxygen atoms in total. The predicted molar refractivity (Wildman–Crippen MR) is 249 cm³/mol. The van der Waals surface area contributed by atoms with Crippen LogP contribution in [0.1, 0.15) is 26.3 Å². The van der Waals surface area contributed by atoms with Crippen LogP contribution in [0.25, 0.3) is 88.3 Å². The molecule has 0 aliphatic rings. The van der Waals surface area contributed by atoms with E-state index in [0.29, 0.717) is 11.5 Å². The fraction of sp³-hybridized carbons (Fsp3) is 0.0909. The number of aryl methyl sites for hydroxylation is 1. The number of hydrogen-bond acceptors (Lipinski definition) is 2. The van der Waals surface area contributed by atoms with Crippen LogP contribution in [0.5, 0.6) is 11.5 Å². The van der Waals surface area contributed by atoms with Crippen LogP contribution in [-0.2, 0) is 33.5 Å². The van der Waals surface area contributed by atoms with E-state index in [-0.39, 0.29) is 26.5 Å². The van der Waals surface area contributed by atoms with E-state index in [1.165, 1.54) is 27.2 Å². The van der Waals surface area contributed by atoms with Crippen molar-refractivity contribution in [3.8, 4) is 34.4 Å². The number of rotatable bonds is 6. The first-order chi connectivity index (χ1) is 30.3. The largest absolute Gasteiger partial charge is 0.510 e. The summed E-state index contributed by atoms with van der Waals surface area (Å²) in [7, 11) is 2.20. The molecule has 0 aliphatic carbocycles. The van der Waals surface area contributed by atoms with Gasteiger partial charge in [0.2, 0.25) is 0 Å². The third-order valence-electron chi connectivity index (χ3n) is 12.2. The maximum Gasteiger partial charge on any atom is 0.267 e. The van der Waals surface area contributed by atoms with Crippen LogP contribution in [0.15, 0.2) is 170 Å². The Hall–Kier alpha value is -7.21. The average Bonchev–Trinajstić information content (AvgIpc) is 4.08. The predicted octanol–water partition coefficient (Wildman–Crippen LogP) is 12.5. The van der Waals surface area contributed by atoms with Gasteiger partial charge in [0, 0.05) is 96.5 Å². The maximum absolute atomic E-state index is 6.70. The van der Waals surface area contributed by atoms with E-state index in [0.717, 1.165) is 66.6 Å². The molecule has 0 saturated heterocycles. The molecule has 0 bridgehead atoms. The van der Waals surface area contributed by atoms with Gasteiger partial charge in [-0.3, -0.25) is 4.57 Å². The zero-order valence-corrected chi connectivity index (χ0v) is 37.3. The Morgan fingerprint density at radius 3 is 1.98 bits per heavy atom. The van der Waals surface area contributed by atoms with Gasteiger partial charge in [-0.2, -0.15) is 18.2 Å². The molecular weight excluding hydrogens is 956 g/mol. The average molecular weight is 996 g/mol. The number of hydrogen-bond donors (Lipinski definition) is 0. The minimum Gasteiger partial charge on any atom is -0.510 e. The summed E-state index contributed by atoms with van der Waals surface area (Å²) in [4.78, 5) is 5.15. The minimum atomic E-state index is -0.103. The number of aromatic nitrogens is 6. The molecule has 0 N–H and O–H groups in total. The normalized spacial score (nSPS) is 12.0. The SMILES string of the molecule is Cn1c2ccccc2c2c1c1c3ccc(Oc4[c-]c(-[n+]5[c-]n(-c6ccccc6)cc5)ccc4)[c-]c3n(-c3cc(C(C)(C)C)ccn3)c1c1c3ccccc3n(-c3ccccc3)c21.[Pt]. The summed E-state index contributed by atoms with van der Waals surface area (Å²) in [5, 5.41) is 6.96. The van der Waals surface area contributed by atoms with E-state index in [1.54, 1.807) is 0 Å². The van der Waals surface area contributed by atoms with E-state index in [2.05, 4.69) is 169 Å². The molecule has 0 fully saturated rings. The molecule has 0 saturated carbocycles. The molecule has 63 heavy (non-hydrogen) atoms. The van der Waals surface area contributed by atoms with Crippen molar-refractivity contribution in [3.63, 3.8) is 0 Å². The van der Waals surface area contributed by atoms with Gasteiger partial charge in [-0.25, -0.2) is 4.98 Å². The van der Waals surface area contributed by atoms with Gasteiger partial charge in [-0.1, -0.05) is 104 Å². The Balaban J connectivity index is 0.00000444. The van der Waals surface area contributed by atoms with Crippen LogP contribution in [-0.4, -0.2) is 23.3 Å². The Kier molecular flexibility index (Phi) is 9.04. The fourth-order valence-electron chi connectivity index (χ4n) is 9.39. The Morgan fingerprint density at radius 2 is 1.22 bits per heavy atom. The number of pyridine rings is 1. The number of benzene rings is 7. The van der Waals surface area contributed by atoms with Gasteiger partial charge in [0.05, 0.1) is 22.2 Å². The Labute approximate surface area is 378 Å². The molecule has 12 rings (SSSR count). The van der Waals surface area contributed by atoms with E-state index in [1.807, 2.05) is 70.2 Å². The summed E-state index contributed by atoms with van der Waals surface area (Å²) in [5.41, 5.74) is 10.6. The van der Waals surface area contributed by atoms with Gasteiger partial charge < -0.3 is 23.0 Å². The second-order valence-electron chi connectivity index (χ2n) is 17.0. The molecule has 5 heterocycles. The number of para-hydroxylation sites is 4. The van der Waals surface area contributed by atoms with Gasteiger partial charge in [0.25, 0.3) is 6.33 Å². The minimum absolute atomic E-state index is 0. The third-order valence-corrected chi connectivity index (χ3v) is 12.2. The third kappa shape index (κ3) is 6.06. The van der Waals surface area contributed by atoms with Gasteiger partial charge in [-0.05, 0) is 70.6 Å². The molecule has 12 aromatic rings.